The normalized spacial score (nSPS) is 16.7. The van der Waals surface area contributed by atoms with Crippen LogP contribution in [0.4, 0.5) is 0 Å². The molecule has 0 amide bonds. The minimum atomic E-state index is 1.11. The molecule has 0 fully saturated rings. The summed E-state index contributed by atoms with van der Waals surface area (Å²) in [7, 11) is 0. The van der Waals surface area contributed by atoms with E-state index in [1.54, 1.807) is 0 Å². The fourth-order valence-electron chi connectivity index (χ4n) is 5.56. The van der Waals surface area contributed by atoms with Crippen LogP contribution < -0.4 is 0 Å². The molecule has 0 saturated carbocycles. The predicted octanol–water partition coefficient (Wildman–Crippen LogP) is 8.94. The van der Waals surface area contributed by atoms with Gasteiger partial charge in [0.1, 0.15) is 0 Å². The van der Waals surface area contributed by atoms with Crippen LogP contribution in [-0.2, 0) is 0 Å². The highest BCUT2D eigenvalue weighted by Crippen LogP contribution is 2.39. The Labute approximate surface area is 196 Å². The summed E-state index contributed by atoms with van der Waals surface area (Å²) < 4.78 is 2.39. The molecule has 0 aliphatic heterocycles. The van der Waals surface area contributed by atoms with E-state index in [9.17, 15) is 0 Å². The van der Waals surface area contributed by atoms with Gasteiger partial charge < -0.3 is 4.57 Å². The number of hydrogen-bond donors (Lipinski definition) is 0. The fourth-order valence-corrected chi connectivity index (χ4v) is 5.56. The van der Waals surface area contributed by atoms with Crippen LogP contribution in [0.2, 0.25) is 0 Å². The molecular formula is C32H29N. The average molecular weight is 428 g/mol. The molecule has 0 N–H and O–H groups in total. The molecule has 1 heterocycles. The Morgan fingerprint density at radius 1 is 0.727 bits per heavy atom. The van der Waals surface area contributed by atoms with Crippen molar-refractivity contribution in [3.05, 3.63) is 119 Å². The summed E-state index contributed by atoms with van der Waals surface area (Å²) in [5.41, 5.74) is 12.5. The number of hydrogen-bond acceptors (Lipinski definition) is 0. The number of allylic oxidation sites excluding steroid dienone is 8. The summed E-state index contributed by atoms with van der Waals surface area (Å²) in [5, 5.41) is 2.65. The topological polar surface area (TPSA) is 4.93 Å². The number of para-hydroxylation sites is 2. The van der Waals surface area contributed by atoms with Gasteiger partial charge in [0.05, 0.1) is 11.0 Å². The fraction of sp³-hybridized carbons (Fsp3) is 0.188. The van der Waals surface area contributed by atoms with E-state index >= 15 is 0 Å². The molecule has 0 atom stereocenters. The molecule has 0 spiro atoms. The lowest BCUT2D eigenvalue weighted by Crippen LogP contribution is -2.03. The molecule has 6 rings (SSSR count). The van der Waals surface area contributed by atoms with Gasteiger partial charge >= 0.3 is 0 Å². The van der Waals surface area contributed by atoms with Crippen molar-refractivity contribution in [2.45, 2.75) is 39.5 Å². The van der Waals surface area contributed by atoms with E-state index in [0.29, 0.717) is 0 Å². The minimum absolute atomic E-state index is 1.11. The Kier molecular flexibility index (Phi) is 4.91. The van der Waals surface area contributed by atoms with E-state index in [1.165, 1.54) is 60.9 Å². The summed E-state index contributed by atoms with van der Waals surface area (Å²) in [5.74, 6) is 0. The van der Waals surface area contributed by atoms with Gasteiger partial charge in [0, 0.05) is 16.5 Å². The van der Waals surface area contributed by atoms with E-state index in [1.807, 2.05) is 0 Å². The summed E-state index contributed by atoms with van der Waals surface area (Å²) in [6.07, 6.45) is 11.6. The molecule has 4 aromatic rings. The average Bonchev–Trinajstić information content (AvgIpc) is 3.19. The van der Waals surface area contributed by atoms with Crippen LogP contribution in [0.5, 0.6) is 0 Å². The number of nitrogens with zero attached hydrogens (tertiary/aromatic N) is 1. The van der Waals surface area contributed by atoms with Gasteiger partial charge in [0.15, 0.2) is 0 Å². The van der Waals surface area contributed by atoms with Gasteiger partial charge in [-0.25, -0.2) is 0 Å². The maximum Gasteiger partial charge on any atom is 0.0541 e. The smallest absolute Gasteiger partial charge is 0.0541 e. The van der Waals surface area contributed by atoms with Crippen LogP contribution in [-0.4, -0.2) is 4.57 Å². The second-order valence-corrected chi connectivity index (χ2v) is 9.39. The van der Waals surface area contributed by atoms with E-state index in [-0.39, 0.29) is 0 Å². The molecule has 2 aliphatic rings. The molecule has 2 aliphatic carbocycles. The van der Waals surface area contributed by atoms with Gasteiger partial charge in [-0.2, -0.15) is 0 Å². The second-order valence-electron chi connectivity index (χ2n) is 9.39. The van der Waals surface area contributed by atoms with Gasteiger partial charge in [-0.1, -0.05) is 66.3 Å². The molecular weight excluding hydrogens is 398 g/mol. The molecule has 1 nitrogen and oxygen atoms in total. The highest BCUT2D eigenvalue weighted by atomic mass is 15.0. The molecule has 0 saturated heterocycles. The van der Waals surface area contributed by atoms with Gasteiger partial charge in [-0.3, -0.25) is 0 Å². The van der Waals surface area contributed by atoms with Gasteiger partial charge in [0.2, 0.25) is 0 Å². The third kappa shape index (κ3) is 3.40. The number of fused-ring (bicyclic) bond motifs is 3. The standard InChI is InChI=1S/C32H29N/c1-22-10-6-7-13-27(22)29-20-24(17-16-23(29)2)25-18-19-32-30(21-25)28-14-8-9-15-31(28)33(32)26-11-4-3-5-12-26/h3-6,8-12,14-15,18-21H,7,13,16-17H2,1-2H3. The van der Waals surface area contributed by atoms with E-state index in [0.717, 1.165) is 25.7 Å². The monoisotopic (exact) mass is 427 g/mol. The lowest BCUT2D eigenvalue weighted by molar-refractivity contribution is 0.909. The van der Waals surface area contributed by atoms with Crippen molar-refractivity contribution in [1.82, 2.24) is 4.57 Å². The zero-order valence-corrected chi connectivity index (χ0v) is 19.4. The SMILES string of the molecule is CC1=C(C2=C(C)CCC(c3ccc4c(c3)c3ccccc3n4-c3ccccc3)=C2)CCC=C1. The van der Waals surface area contributed by atoms with E-state index in [2.05, 4.69) is 109 Å². The molecule has 162 valence electrons. The highest BCUT2D eigenvalue weighted by Gasteiger charge is 2.19. The first kappa shape index (κ1) is 20.1. The van der Waals surface area contributed by atoms with Crippen LogP contribution in [0.25, 0.3) is 33.1 Å². The zero-order chi connectivity index (χ0) is 22.4. The summed E-state index contributed by atoms with van der Waals surface area (Å²) in [4.78, 5) is 0. The van der Waals surface area contributed by atoms with Gasteiger partial charge in [0.25, 0.3) is 0 Å². The lowest BCUT2D eigenvalue weighted by atomic mass is 9.82. The lowest BCUT2D eigenvalue weighted by Gasteiger charge is -2.23. The van der Waals surface area contributed by atoms with Crippen molar-refractivity contribution in [3.63, 3.8) is 0 Å². The first-order valence-corrected chi connectivity index (χ1v) is 12.1. The van der Waals surface area contributed by atoms with Crippen LogP contribution in [0, 0.1) is 0 Å². The number of rotatable bonds is 3. The van der Waals surface area contributed by atoms with Crippen molar-refractivity contribution >= 4 is 27.4 Å². The Morgan fingerprint density at radius 2 is 1.52 bits per heavy atom. The highest BCUT2D eigenvalue weighted by molar-refractivity contribution is 6.10. The quantitative estimate of drug-likeness (QED) is 0.307. The Morgan fingerprint density at radius 3 is 2.36 bits per heavy atom. The molecule has 0 unspecified atom stereocenters. The molecule has 0 bridgehead atoms. The minimum Gasteiger partial charge on any atom is -0.309 e. The molecule has 3 aromatic carbocycles. The van der Waals surface area contributed by atoms with Crippen molar-refractivity contribution in [3.8, 4) is 5.69 Å². The van der Waals surface area contributed by atoms with Crippen molar-refractivity contribution in [2.24, 2.45) is 0 Å². The molecule has 33 heavy (non-hydrogen) atoms. The third-order valence-electron chi connectivity index (χ3n) is 7.34. The van der Waals surface area contributed by atoms with Crippen LogP contribution in [0.15, 0.2) is 113 Å². The summed E-state index contributed by atoms with van der Waals surface area (Å²) in [6, 6.07) is 26.5. The maximum absolute atomic E-state index is 2.48. The van der Waals surface area contributed by atoms with Crippen molar-refractivity contribution in [2.75, 3.05) is 0 Å². The Balaban J connectivity index is 1.52. The Hall–Kier alpha value is -3.58. The number of benzene rings is 3. The van der Waals surface area contributed by atoms with Gasteiger partial charge in [-0.15, -0.1) is 0 Å². The van der Waals surface area contributed by atoms with Crippen LogP contribution in [0.1, 0.15) is 45.1 Å². The predicted molar refractivity (Wildman–Crippen MR) is 142 cm³/mol. The third-order valence-corrected chi connectivity index (χ3v) is 7.34. The first-order valence-electron chi connectivity index (χ1n) is 12.1. The maximum atomic E-state index is 2.48. The van der Waals surface area contributed by atoms with Crippen LogP contribution >= 0.6 is 0 Å². The summed E-state index contributed by atoms with van der Waals surface area (Å²) >= 11 is 0. The Bertz CT molecular complexity index is 1500. The second kappa shape index (κ2) is 8.08. The van der Waals surface area contributed by atoms with Crippen molar-refractivity contribution in [1.29, 1.82) is 0 Å². The largest absolute Gasteiger partial charge is 0.309 e. The first-order chi connectivity index (χ1) is 16.2. The summed E-state index contributed by atoms with van der Waals surface area (Å²) in [6.45, 7) is 4.58. The molecule has 1 heteroatoms. The number of aromatic nitrogens is 1. The molecule has 0 radical (unpaired) electrons. The van der Waals surface area contributed by atoms with Crippen molar-refractivity contribution < 1.29 is 0 Å². The molecule has 1 aromatic heterocycles. The van der Waals surface area contributed by atoms with Gasteiger partial charge in [-0.05, 0) is 97.7 Å². The van der Waals surface area contributed by atoms with E-state index < -0.39 is 0 Å². The van der Waals surface area contributed by atoms with E-state index in [4.69, 9.17) is 0 Å². The van der Waals surface area contributed by atoms with Crippen LogP contribution in [0.3, 0.4) is 0 Å². The zero-order valence-electron chi connectivity index (χ0n) is 19.4.